The molecule has 22 heavy (non-hydrogen) atoms. The zero-order valence-electron chi connectivity index (χ0n) is 12.0. The lowest BCUT2D eigenvalue weighted by atomic mass is 9.92. The molecule has 0 aromatic heterocycles. The SMILES string of the molecule is C[C@@]1(c2cc(Br)ccc2F)CS(=O)(=O)C2(CC=CC2)C(N)=N1. The van der Waals surface area contributed by atoms with Gasteiger partial charge in [0.25, 0.3) is 0 Å². The largest absolute Gasteiger partial charge is 0.386 e. The molecule has 0 saturated heterocycles. The van der Waals surface area contributed by atoms with Crippen LogP contribution in [0.4, 0.5) is 4.39 Å². The van der Waals surface area contributed by atoms with E-state index in [9.17, 15) is 12.8 Å². The Labute approximate surface area is 137 Å². The molecule has 1 aliphatic heterocycles. The first kappa shape index (κ1) is 15.7. The fourth-order valence-corrected chi connectivity index (χ4v) is 5.87. The van der Waals surface area contributed by atoms with Gasteiger partial charge in [0.15, 0.2) is 9.84 Å². The van der Waals surface area contributed by atoms with Gasteiger partial charge in [-0.15, -0.1) is 0 Å². The number of hydrogen-bond donors (Lipinski definition) is 1. The summed E-state index contributed by atoms with van der Waals surface area (Å²) in [7, 11) is -3.56. The number of halogens is 2. The van der Waals surface area contributed by atoms with Gasteiger partial charge in [0.1, 0.15) is 21.9 Å². The van der Waals surface area contributed by atoms with Gasteiger partial charge in [-0.3, -0.25) is 4.99 Å². The molecule has 1 aromatic rings. The Morgan fingerprint density at radius 3 is 2.55 bits per heavy atom. The zero-order valence-corrected chi connectivity index (χ0v) is 14.4. The molecule has 0 fully saturated rings. The van der Waals surface area contributed by atoms with Crippen LogP contribution in [0.3, 0.4) is 0 Å². The van der Waals surface area contributed by atoms with E-state index in [4.69, 9.17) is 5.73 Å². The lowest BCUT2D eigenvalue weighted by molar-refractivity contribution is 0.470. The number of nitrogens with zero attached hydrogens (tertiary/aromatic N) is 1. The topological polar surface area (TPSA) is 72.5 Å². The second kappa shape index (κ2) is 4.89. The third kappa shape index (κ3) is 2.13. The molecule has 2 aliphatic rings. The van der Waals surface area contributed by atoms with Gasteiger partial charge >= 0.3 is 0 Å². The van der Waals surface area contributed by atoms with E-state index in [1.54, 1.807) is 19.1 Å². The summed E-state index contributed by atoms with van der Waals surface area (Å²) in [5.41, 5.74) is 5.06. The van der Waals surface area contributed by atoms with E-state index in [1.807, 2.05) is 12.2 Å². The zero-order chi connectivity index (χ0) is 16.2. The van der Waals surface area contributed by atoms with E-state index < -0.39 is 25.9 Å². The molecule has 1 heterocycles. The molecule has 7 heteroatoms. The van der Waals surface area contributed by atoms with Crippen LogP contribution in [0.1, 0.15) is 25.3 Å². The third-order valence-corrected chi connectivity index (χ3v) is 7.64. The highest BCUT2D eigenvalue weighted by atomic mass is 79.9. The summed E-state index contributed by atoms with van der Waals surface area (Å²) in [5.74, 6) is -0.668. The van der Waals surface area contributed by atoms with Crippen LogP contribution >= 0.6 is 15.9 Å². The fraction of sp³-hybridized carbons (Fsp3) is 0.400. The second-order valence-corrected chi connectivity index (χ2v) is 9.24. The maximum atomic E-state index is 14.2. The van der Waals surface area contributed by atoms with Gasteiger partial charge in [-0.05, 0) is 38.0 Å². The van der Waals surface area contributed by atoms with Crippen molar-refractivity contribution in [3.63, 3.8) is 0 Å². The average Bonchev–Trinajstić information content (AvgIpc) is 2.90. The van der Waals surface area contributed by atoms with Crippen molar-refractivity contribution < 1.29 is 12.8 Å². The van der Waals surface area contributed by atoms with Crippen molar-refractivity contribution in [2.45, 2.75) is 30.1 Å². The van der Waals surface area contributed by atoms with Gasteiger partial charge < -0.3 is 5.73 Å². The molecule has 1 aliphatic carbocycles. The summed E-state index contributed by atoms with van der Waals surface area (Å²) >= 11 is 3.28. The lowest BCUT2D eigenvalue weighted by Gasteiger charge is -2.39. The van der Waals surface area contributed by atoms with Gasteiger partial charge in [0.2, 0.25) is 0 Å². The predicted molar refractivity (Wildman–Crippen MR) is 88.0 cm³/mol. The van der Waals surface area contributed by atoms with Crippen molar-refractivity contribution in [1.29, 1.82) is 0 Å². The minimum atomic E-state index is -3.56. The predicted octanol–water partition coefficient (Wildman–Crippen LogP) is 2.68. The van der Waals surface area contributed by atoms with Crippen LogP contribution in [0.2, 0.25) is 0 Å². The molecule has 4 nitrogen and oxygen atoms in total. The summed E-state index contributed by atoms with van der Waals surface area (Å²) in [4.78, 5) is 4.43. The Kier molecular flexibility index (Phi) is 3.49. The van der Waals surface area contributed by atoms with Crippen molar-refractivity contribution in [2.75, 3.05) is 5.75 Å². The standard InChI is InChI=1S/C15H16BrFN2O2S/c1-14(11-8-10(16)4-5-12(11)17)9-22(20,21)15(13(18)19-14)6-2-3-7-15/h2-5,8H,6-7,9H2,1H3,(H2,18,19)/t14-/m0/s1. The Morgan fingerprint density at radius 1 is 1.32 bits per heavy atom. The van der Waals surface area contributed by atoms with Crippen LogP contribution in [0.15, 0.2) is 39.8 Å². The molecule has 0 radical (unpaired) electrons. The highest BCUT2D eigenvalue weighted by Gasteiger charge is 2.54. The number of benzene rings is 1. The van der Waals surface area contributed by atoms with Crippen molar-refractivity contribution in [1.82, 2.24) is 0 Å². The first-order valence-electron chi connectivity index (χ1n) is 6.89. The number of hydrogen-bond acceptors (Lipinski definition) is 4. The smallest absolute Gasteiger partial charge is 0.166 e. The highest BCUT2D eigenvalue weighted by Crippen LogP contribution is 2.43. The first-order valence-corrected chi connectivity index (χ1v) is 9.33. The van der Waals surface area contributed by atoms with E-state index in [2.05, 4.69) is 20.9 Å². The van der Waals surface area contributed by atoms with E-state index in [0.29, 0.717) is 17.3 Å². The Hall–Kier alpha value is -1.21. The minimum Gasteiger partial charge on any atom is -0.386 e. The van der Waals surface area contributed by atoms with Gasteiger partial charge in [-0.2, -0.15) is 0 Å². The maximum Gasteiger partial charge on any atom is 0.166 e. The highest BCUT2D eigenvalue weighted by molar-refractivity contribution is 9.10. The molecule has 0 unspecified atom stereocenters. The molecule has 3 rings (SSSR count). The van der Waals surface area contributed by atoms with Gasteiger partial charge in [0, 0.05) is 10.0 Å². The van der Waals surface area contributed by atoms with Crippen LogP contribution < -0.4 is 5.73 Å². The summed E-state index contributed by atoms with van der Waals surface area (Å²) in [5, 5.41) is 0. The molecule has 1 atom stereocenters. The van der Waals surface area contributed by atoms with Crippen LogP contribution in [0, 0.1) is 5.82 Å². The number of allylic oxidation sites excluding steroid dienone is 2. The van der Waals surface area contributed by atoms with Crippen molar-refractivity contribution in [3.05, 3.63) is 46.2 Å². The van der Waals surface area contributed by atoms with Crippen LogP contribution in [0.5, 0.6) is 0 Å². The molecule has 118 valence electrons. The van der Waals surface area contributed by atoms with E-state index >= 15 is 0 Å². The molecule has 0 amide bonds. The van der Waals surface area contributed by atoms with E-state index in [-0.39, 0.29) is 17.2 Å². The lowest BCUT2D eigenvalue weighted by Crippen LogP contribution is -2.57. The van der Waals surface area contributed by atoms with Crippen molar-refractivity contribution in [2.24, 2.45) is 10.7 Å². The maximum absolute atomic E-state index is 14.2. The Morgan fingerprint density at radius 2 is 1.95 bits per heavy atom. The molecule has 1 aromatic carbocycles. The molecule has 1 spiro atoms. The number of sulfone groups is 1. The molecule has 0 saturated carbocycles. The normalized spacial score (nSPS) is 28.8. The van der Waals surface area contributed by atoms with Crippen LogP contribution in [0.25, 0.3) is 0 Å². The monoisotopic (exact) mass is 386 g/mol. The summed E-state index contributed by atoms with van der Waals surface area (Å²) in [6, 6.07) is 4.42. The number of aliphatic imine (C=N–C) groups is 1. The van der Waals surface area contributed by atoms with Crippen LogP contribution in [-0.2, 0) is 15.4 Å². The van der Waals surface area contributed by atoms with Crippen molar-refractivity contribution in [3.8, 4) is 0 Å². The molecule has 2 N–H and O–H groups in total. The number of rotatable bonds is 1. The quantitative estimate of drug-likeness (QED) is 0.754. The molecule has 0 bridgehead atoms. The van der Waals surface area contributed by atoms with Gasteiger partial charge in [0.05, 0.1) is 5.75 Å². The molecular formula is C15H16BrFN2O2S. The Balaban J connectivity index is 2.18. The van der Waals surface area contributed by atoms with E-state index in [1.165, 1.54) is 6.07 Å². The fourth-order valence-electron chi connectivity index (χ4n) is 3.21. The van der Waals surface area contributed by atoms with Gasteiger partial charge in [-0.1, -0.05) is 28.1 Å². The Bertz CT molecular complexity index is 796. The van der Waals surface area contributed by atoms with E-state index in [0.717, 1.165) is 0 Å². The minimum absolute atomic E-state index is 0.0747. The summed E-state index contributed by atoms with van der Waals surface area (Å²) < 4.78 is 39.5. The molecular weight excluding hydrogens is 371 g/mol. The second-order valence-electron chi connectivity index (χ2n) is 6.03. The van der Waals surface area contributed by atoms with Crippen molar-refractivity contribution >= 4 is 31.6 Å². The average molecular weight is 387 g/mol. The summed E-state index contributed by atoms with van der Waals surface area (Å²) in [6.45, 7) is 1.61. The number of nitrogens with two attached hydrogens (primary N) is 1. The third-order valence-electron chi connectivity index (χ3n) is 4.47. The van der Waals surface area contributed by atoms with Gasteiger partial charge in [-0.25, -0.2) is 12.8 Å². The number of amidine groups is 1. The van der Waals surface area contributed by atoms with Crippen LogP contribution in [-0.4, -0.2) is 24.8 Å². The first-order chi connectivity index (χ1) is 10.2. The summed E-state index contributed by atoms with van der Waals surface area (Å²) in [6.07, 6.45) is 4.29.